The smallest absolute Gasteiger partial charge is 0.263 e. The fourth-order valence-electron chi connectivity index (χ4n) is 7.28. The first-order chi connectivity index (χ1) is 18.1. The number of rotatable bonds is 0. The van der Waals surface area contributed by atoms with Gasteiger partial charge in [0.1, 0.15) is 0 Å². The summed E-state index contributed by atoms with van der Waals surface area (Å²) < 4.78 is 3.80. The van der Waals surface area contributed by atoms with Gasteiger partial charge in [0.25, 0.3) is 5.56 Å². The number of benzene rings is 4. The van der Waals surface area contributed by atoms with Gasteiger partial charge in [-0.25, -0.2) is 0 Å². The van der Waals surface area contributed by atoms with Crippen LogP contribution in [0.1, 0.15) is 17.3 Å². The van der Waals surface area contributed by atoms with Crippen molar-refractivity contribution in [2.75, 3.05) is 0 Å². The quantitative estimate of drug-likeness (QED) is 0.222. The second kappa shape index (κ2) is 6.16. The monoisotopic (exact) mass is 476 g/mol. The number of aromatic nitrogens is 2. The lowest BCUT2D eigenvalue weighted by atomic mass is 9.67. The molecule has 4 heteroatoms. The maximum atomic E-state index is 14.3. The molecule has 37 heavy (non-hydrogen) atoms. The Balaban J connectivity index is 1.60. The van der Waals surface area contributed by atoms with E-state index in [9.17, 15) is 9.59 Å². The minimum atomic E-state index is -0.392. The molecule has 0 saturated carbocycles. The summed E-state index contributed by atoms with van der Waals surface area (Å²) in [5.41, 5.74) is 4.39. The van der Waals surface area contributed by atoms with E-state index in [4.69, 9.17) is 0 Å². The molecule has 0 N–H and O–H groups in total. The van der Waals surface area contributed by atoms with Gasteiger partial charge < -0.3 is 0 Å². The van der Waals surface area contributed by atoms with Crippen LogP contribution in [0.3, 0.4) is 0 Å². The predicted octanol–water partition coefficient (Wildman–Crippen LogP) is 6.96. The fraction of sp³-hybridized carbons (Fsp3) is 0.0909. The molecule has 0 spiro atoms. The molecule has 9 rings (SSSR count). The average molecular weight is 477 g/mol. The summed E-state index contributed by atoms with van der Waals surface area (Å²) >= 11 is 0. The molecule has 4 heterocycles. The second-order valence-corrected chi connectivity index (χ2v) is 10.6. The lowest BCUT2D eigenvalue weighted by Gasteiger charge is -2.39. The molecule has 0 saturated heterocycles. The van der Waals surface area contributed by atoms with Gasteiger partial charge in [0.15, 0.2) is 0 Å². The Bertz CT molecular complexity index is 2310. The summed E-state index contributed by atoms with van der Waals surface area (Å²) in [7, 11) is 0. The van der Waals surface area contributed by atoms with E-state index in [2.05, 4.69) is 61.5 Å². The first-order valence-corrected chi connectivity index (χ1v) is 12.7. The van der Waals surface area contributed by atoms with Crippen LogP contribution >= 0.6 is 0 Å². The second-order valence-electron chi connectivity index (χ2n) is 10.6. The van der Waals surface area contributed by atoms with Gasteiger partial charge >= 0.3 is 0 Å². The van der Waals surface area contributed by atoms with Crippen molar-refractivity contribution >= 4 is 65.7 Å². The summed E-state index contributed by atoms with van der Waals surface area (Å²) in [6.45, 7) is 2.16. The van der Waals surface area contributed by atoms with Gasteiger partial charge in [-0.2, -0.15) is 0 Å². The van der Waals surface area contributed by atoms with Crippen molar-refractivity contribution in [3.63, 3.8) is 0 Å². The van der Waals surface area contributed by atoms with Gasteiger partial charge in [-0.15, -0.1) is 0 Å². The number of carbonyl (C=O) groups is 1. The number of carbonyl (C=O) groups excluding carboxylic acids is 1. The highest BCUT2D eigenvalue weighted by molar-refractivity contribution is 6.31. The normalized spacial score (nSPS) is 20.9. The molecule has 0 bridgehead atoms. The van der Waals surface area contributed by atoms with Crippen LogP contribution in [0.4, 0.5) is 0 Å². The van der Waals surface area contributed by atoms with Crippen molar-refractivity contribution in [1.82, 2.24) is 8.97 Å². The van der Waals surface area contributed by atoms with Crippen LogP contribution in [0.15, 0.2) is 102 Å². The van der Waals surface area contributed by atoms with Gasteiger partial charge in [-0.3, -0.25) is 18.6 Å². The molecule has 1 aliphatic carbocycles. The molecule has 2 aliphatic rings. The van der Waals surface area contributed by atoms with Crippen molar-refractivity contribution in [1.29, 1.82) is 0 Å². The van der Waals surface area contributed by atoms with Crippen LogP contribution < -0.4 is 5.56 Å². The average Bonchev–Trinajstić information content (AvgIpc) is 3.45. The largest absolute Gasteiger partial charge is 0.278 e. The topological polar surface area (TPSA) is 43.5 Å². The number of allylic oxidation sites excluding steroid dienone is 4. The molecule has 2 atom stereocenters. The fourth-order valence-corrected chi connectivity index (χ4v) is 7.28. The summed E-state index contributed by atoms with van der Waals surface area (Å²) in [5.74, 6) is -0.206. The van der Waals surface area contributed by atoms with Crippen LogP contribution in [0.25, 0.3) is 59.8 Å². The van der Waals surface area contributed by atoms with Crippen molar-refractivity contribution in [2.45, 2.75) is 12.3 Å². The van der Waals surface area contributed by atoms with Crippen LogP contribution in [0.2, 0.25) is 0 Å². The molecular weight excluding hydrogens is 456 g/mol. The van der Waals surface area contributed by atoms with Gasteiger partial charge in [-0.05, 0) is 23.1 Å². The van der Waals surface area contributed by atoms with Crippen molar-refractivity contribution < 1.29 is 4.79 Å². The molecule has 0 radical (unpaired) electrons. The van der Waals surface area contributed by atoms with Crippen molar-refractivity contribution in [3.05, 3.63) is 113 Å². The van der Waals surface area contributed by atoms with Gasteiger partial charge in [-0.1, -0.05) is 91.9 Å². The van der Waals surface area contributed by atoms with E-state index in [1.807, 2.05) is 51.5 Å². The standard InChI is InChI=1S/C33H20N2O2/c1-33-17-5-4-13-25(33)32(37)35-29-20(11-7-14-24(29)33)21-15-16-26-27(30(21)35)23-12-6-10-19-18-8-2-3-9-22(18)31(36)34(26)28(19)23/h2-17,25H,1H3. The summed E-state index contributed by atoms with van der Waals surface area (Å²) in [5, 5.41) is 6.79. The zero-order valence-corrected chi connectivity index (χ0v) is 20.0. The minimum Gasteiger partial charge on any atom is -0.278 e. The third-order valence-corrected chi connectivity index (χ3v) is 8.92. The summed E-state index contributed by atoms with van der Waals surface area (Å²) in [4.78, 5) is 28.2. The maximum Gasteiger partial charge on any atom is 0.263 e. The number of para-hydroxylation sites is 2. The Hall–Kier alpha value is -4.70. The lowest BCUT2D eigenvalue weighted by Crippen LogP contribution is -2.42. The number of pyridine rings is 1. The highest BCUT2D eigenvalue weighted by Crippen LogP contribution is 2.49. The van der Waals surface area contributed by atoms with Gasteiger partial charge in [0.05, 0.1) is 28.0 Å². The molecule has 4 aromatic carbocycles. The zero-order chi connectivity index (χ0) is 24.6. The van der Waals surface area contributed by atoms with E-state index in [-0.39, 0.29) is 17.4 Å². The van der Waals surface area contributed by atoms with Gasteiger partial charge in [0.2, 0.25) is 5.91 Å². The molecule has 4 nitrogen and oxygen atoms in total. The Morgan fingerprint density at radius 3 is 2.24 bits per heavy atom. The number of hydrogen-bond acceptors (Lipinski definition) is 2. The molecular formula is C33H20N2O2. The molecule has 7 aromatic rings. The summed E-state index contributed by atoms with van der Waals surface area (Å²) in [6, 6.07) is 24.6. The third-order valence-electron chi connectivity index (χ3n) is 8.92. The molecule has 0 fully saturated rings. The lowest BCUT2D eigenvalue weighted by molar-refractivity contribution is 0.0826. The van der Waals surface area contributed by atoms with Crippen LogP contribution in [-0.4, -0.2) is 14.9 Å². The third kappa shape index (κ3) is 2.02. The van der Waals surface area contributed by atoms with Crippen LogP contribution in [0.5, 0.6) is 0 Å². The predicted molar refractivity (Wildman–Crippen MR) is 150 cm³/mol. The number of fused-ring (bicyclic) bond motifs is 11. The summed E-state index contributed by atoms with van der Waals surface area (Å²) in [6.07, 6.45) is 8.23. The van der Waals surface area contributed by atoms with E-state index in [1.165, 1.54) is 0 Å². The van der Waals surface area contributed by atoms with E-state index in [0.29, 0.717) is 5.39 Å². The SMILES string of the molecule is CC12C=CC=CC1C(=O)n1c3c2cccc3c2ccc3c(c4cccc5c6ccccc6c(=O)n3c54)c21. The van der Waals surface area contributed by atoms with E-state index < -0.39 is 5.41 Å². The van der Waals surface area contributed by atoms with E-state index in [1.54, 1.807) is 0 Å². The molecule has 2 unspecified atom stereocenters. The molecule has 0 amide bonds. The minimum absolute atomic E-state index is 0.0247. The zero-order valence-electron chi connectivity index (χ0n) is 20.0. The molecule has 3 aromatic heterocycles. The first-order valence-electron chi connectivity index (χ1n) is 12.7. The highest BCUT2D eigenvalue weighted by atomic mass is 16.2. The Morgan fingerprint density at radius 1 is 0.676 bits per heavy atom. The number of nitrogens with zero attached hydrogens (tertiary/aromatic N) is 2. The van der Waals surface area contributed by atoms with E-state index in [0.717, 1.165) is 59.9 Å². The first kappa shape index (κ1) is 19.5. The Kier molecular flexibility index (Phi) is 3.24. The van der Waals surface area contributed by atoms with Crippen molar-refractivity contribution in [3.8, 4) is 0 Å². The van der Waals surface area contributed by atoms with Crippen LogP contribution in [-0.2, 0) is 5.41 Å². The molecule has 174 valence electrons. The maximum absolute atomic E-state index is 14.3. The Labute approximate surface area is 210 Å². The van der Waals surface area contributed by atoms with Crippen LogP contribution in [0, 0.1) is 5.92 Å². The van der Waals surface area contributed by atoms with Gasteiger partial charge in [0, 0.05) is 37.7 Å². The Morgan fingerprint density at radius 2 is 1.38 bits per heavy atom. The number of hydrogen-bond donors (Lipinski definition) is 0. The molecule has 1 aliphatic heterocycles. The highest BCUT2D eigenvalue weighted by Gasteiger charge is 2.45. The van der Waals surface area contributed by atoms with Crippen molar-refractivity contribution in [2.24, 2.45) is 5.92 Å². The van der Waals surface area contributed by atoms with E-state index >= 15 is 0 Å².